The van der Waals surface area contributed by atoms with Crippen LogP contribution in [0.15, 0.2) is 12.1 Å². The average molecular weight is 341 g/mol. The summed E-state index contributed by atoms with van der Waals surface area (Å²) >= 11 is 0. The first kappa shape index (κ1) is 16.9. The van der Waals surface area contributed by atoms with E-state index < -0.39 is 0 Å². The van der Waals surface area contributed by atoms with Gasteiger partial charge in [0, 0.05) is 30.9 Å². The van der Waals surface area contributed by atoms with Crippen molar-refractivity contribution in [2.45, 2.75) is 65.0 Å². The maximum atomic E-state index is 12.7. The van der Waals surface area contributed by atoms with Crippen molar-refractivity contribution in [1.29, 1.82) is 0 Å². The summed E-state index contributed by atoms with van der Waals surface area (Å²) < 4.78 is 0. The molecule has 0 spiro atoms. The number of nitrogens with one attached hydrogen (secondary N) is 2. The van der Waals surface area contributed by atoms with Gasteiger partial charge in [-0.25, -0.2) is 4.79 Å². The third kappa shape index (κ3) is 3.55. The van der Waals surface area contributed by atoms with E-state index >= 15 is 0 Å². The lowest BCUT2D eigenvalue weighted by atomic mass is 9.73. The molecule has 2 saturated carbocycles. The molecule has 2 unspecified atom stereocenters. The molecule has 25 heavy (non-hydrogen) atoms. The number of benzene rings is 1. The molecule has 2 amide bonds. The van der Waals surface area contributed by atoms with Crippen LogP contribution in [0.3, 0.4) is 0 Å². The van der Waals surface area contributed by atoms with E-state index in [4.69, 9.17) is 0 Å². The van der Waals surface area contributed by atoms with Crippen LogP contribution in [-0.2, 0) is 0 Å². The summed E-state index contributed by atoms with van der Waals surface area (Å²) in [5.41, 5.74) is 4.47. The maximum Gasteiger partial charge on any atom is 0.319 e. The summed E-state index contributed by atoms with van der Waals surface area (Å²) in [6, 6.07) is 5.42. The van der Waals surface area contributed by atoms with E-state index in [0.29, 0.717) is 17.9 Å². The second-order valence-electron chi connectivity index (χ2n) is 8.53. The summed E-state index contributed by atoms with van der Waals surface area (Å²) in [6.07, 6.45) is 6.60. The molecule has 0 radical (unpaired) electrons. The quantitative estimate of drug-likeness (QED) is 0.873. The molecule has 1 aliphatic heterocycles. The zero-order valence-electron chi connectivity index (χ0n) is 15.8. The van der Waals surface area contributed by atoms with E-state index in [2.05, 4.69) is 48.4 Å². The third-order valence-corrected chi connectivity index (χ3v) is 6.38. The SMILES string of the molecule is Cc1cc(C)c(NC(=O)NC2C3CCCC2CN(C2CC2)C3)c(C)c1. The lowest BCUT2D eigenvalue weighted by Crippen LogP contribution is -2.59. The first-order valence-electron chi connectivity index (χ1n) is 9.90. The molecule has 4 nitrogen and oxygen atoms in total. The zero-order chi connectivity index (χ0) is 17.6. The first-order chi connectivity index (χ1) is 12.0. The second-order valence-corrected chi connectivity index (χ2v) is 8.53. The minimum atomic E-state index is -0.0307. The molecule has 2 N–H and O–H groups in total. The monoisotopic (exact) mass is 341 g/mol. The average Bonchev–Trinajstić information content (AvgIpc) is 3.35. The second kappa shape index (κ2) is 6.64. The molecule has 2 aliphatic carbocycles. The van der Waals surface area contributed by atoms with Gasteiger partial charge < -0.3 is 10.6 Å². The number of carbonyl (C=O) groups excluding carboxylic acids is 1. The number of fused-ring (bicyclic) bond motifs is 2. The Morgan fingerprint density at radius 2 is 1.60 bits per heavy atom. The number of amides is 2. The molecule has 1 heterocycles. The molecule has 2 bridgehead atoms. The molecule has 136 valence electrons. The maximum absolute atomic E-state index is 12.7. The van der Waals surface area contributed by atoms with Crippen molar-refractivity contribution in [2.75, 3.05) is 18.4 Å². The molecule has 4 rings (SSSR count). The number of rotatable bonds is 3. The van der Waals surface area contributed by atoms with Crippen LogP contribution in [0.1, 0.15) is 48.8 Å². The Bertz CT molecular complexity index is 630. The van der Waals surface area contributed by atoms with Crippen molar-refractivity contribution >= 4 is 11.7 Å². The van der Waals surface area contributed by atoms with Crippen molar-refractivity contribution < 1.29 is 4.79 Å². The Hall–Kier alpha value is -1.55. The zero-order valence-corrected chi connectivity index (χ0v) is 15.8. The van der Waals surface area contributed by atoms with Crippen molar-refractivity contribution in [3.05, 3.63) is 28.8 Å². The highest BCUT2D eigenvalue weighted by Crippen LogP contribution is 2.39. The summed E-state index contributed by atoms with van der Waals surface area (Å²) in [5.74, 6) is 1.25. The van der Waals surface area contributed by atoms with Gasteiger partial charge in [-0.1, -0.05) is 24.1 Å². The summed E-state index contributed by atoms with van der Waals surface area (Å²) in [6.45, 7) is 8.58. The number of piperidine rings is 1. The van der Waals surface area contributed by atoms with Gasteiger partial charge in [0.15, 0.2) is 0 Å². The molecule has 3 aliphatic rings. The van der Waals surface area contributed by atoms with Crippen molar-refractivity contribution in [1.82, 2.24) is 10.2 Å². The fourth-order valence-electron chi connectivity index (χ4n) is 5.12. The fraction of sp³-hybridized carbons (Fsp3) is 0.667. The van der Waals surface area contributed by atoms with E-state index in [-0.39, 0.29) is 6.03 Å². The van der Waals surface area contributed by atoms with Gasteiger partial charge >= 0.3 is 6.03 Å². The number of nitrogens with zero attached hydrogens (tertiary/aromatic N) is 1. The molecule has 2 atom stereocenters. The van der Waals surface area contributed by atoms with Crippen LogP contribution in [0.25, 0.3) is 0 Å². The largest absolute Gasteiger partial charge is 0.334 e. The Morgan fingerprint density at radius 3 is 2.16 bits per heavy atom. The van der Waals surface area contributed by atoms with E-state index in [9.17, 15) is 4.79 Å². The number of anilines is 1. The first-order valence-corrected chi connectivity index (χ1v) is 9.90. The van der Waals surface area contributed by atoms with Crippen LogP contribution in [0, 0.1) is 32.6 Å². The van der Waals surface area contributed by atoms with Gasteiger partial charge in [-0.05, 0) is 69.4 Å². The van der Waals surface area contributed by atoms with Gasteiger partial charge in [-0.2, -0.15) is 0 Å². The van der Waals surface area contributed by atoms with Crippen LogP contribution in [0.2, 0.25) is 0 Å². The lowest BCUT2D eigenvalue weighted by molar-refractivity contribution is 0.0473. The van der Waals surface area contributed by atoms with E-state index in [0.717, 1.165) is 22.9 Å². The topological polar surface area (TPSA) is 44.4 Å². The highest BCUT2D eigenvalue weighted by Gasteiger charge is 2.43. The molecule has 3 fully saturated rings. The number of carbonyl (C=O) groups is 1. The molecule has 0 aromatic heterocycles. The number of likely N-dealkylation sites (tertiary alicyclic amines) is 1. The predicted molar refractivity (Wildman–Crippen MR) is 102 cm³/mol. The number of urea groups is 1. The highest BCUT2D eigenvalue weighted by atomic mass is 16.2. The smallest absolute Gasteiger partial charge is 0.319 e. The molecular weight excluding hydrogens is 310 g/mol. The van der Waals surface area contributed by atoms with Gasteiger partial charge in [-0.3, -0.25) is 4.90 Å². The Morgan fingerprint density at radius 1 is 1.00 bits per heavy atom. The number of hydrogen-bond acceptors (Lipinski definition) is 2. The minimum Gasteiger partial charge on any atom is -0.334 e. The normalized spacial score (nSPS) is 29.3. The lowest BCUT2D eigenvalue weighted by Gasteiger charge is -2.47. The summed E-state index contributed by atoms with van der Waals surface area (Å²) in [4.78, 5) is 15.4. The molecule has 1 aromatic carbocycles. The Balaban J connectivity index is 1.42. The molecule has 4 heteroatoms. The van der Waals surface area contributed by atoms with Crippen molar-refractivity contribution in [3.8, 4) is 0 Å². The van der Waals surface area contributed by atoms with E-state index in [1.54, 1.807) is 0 Å². The van der Waals surface area contributed by atoms with Gasteiger partial charge in [0.05, 0.1) is 0 Å². The molecule has 1 saturated heterocycles. The van der Waals surface area contributed by atoms with Crippen LogP contribution in [0.4, 0.5) is 10.5 Å². The van der Waals surface area contributed by atoms with Crippen LogP contribution < -0.4 is 10.6 Å². The Kier molecular flexibility index (Phi) is 4.48. The molecule has 1 aromatic rings. The number of aryl methyl sites for hydroxylation is 3. The predicted octanol–water partition coefficient (Wildman–Crippen LogP) is 4.00. The third-order valence-electron chi connectivity index (χ3n) is 6.38. The standard InChI is InChI=1S/C21H31N3O/c1-13-9-14(2)19(15(3)10-13)22-21(25)23-20-16-5-4-6-17(20)12-24(11-16)18-7-8-18/h9-10,16-18,20H,4-8,11-12H2,1-3H3,(H2,22,23,25). The van der Waals surface area contributed by atoms with Gasteiger partial charge in [0.2, 0.25) is 0 Å². The summed E-state index contributed by atoms with van der Waals surface area (Å²) in [5, 5.41) is 6.47. The minimum absolute atomic E-state index is 0.0307. The van der Waals surface area contributed by atoms with Gasteiger partial charge in [-0.15, -0.1) is 0 Å². The summed E-state index contributed by atoms with van der Waals surface area (Å²) in [7, 11) is 0. The number of hydrogen-bond donors (Lipinski definition) is 2. The van der Waals surface area contributed by atoms with Gasteiger partial charge in [0.1, 0.15) is 0 Å². The van der Waals surface area contributed by atoms with Crippen molar-refractivity contribution in [3.63, 3.8) is 0 Å². The van der Waals surface area contributed by atoms with Crippen molar-refractivity contribution in [2.24, 2.45) is 11.8 Å². The Labute approximate surface area is 151 Å². The van der Waals surface area contributed by atoms with Crippen LogP contribution in [0.5, 0.6) is 0 Å². The molecular formula is C21H31N3O. The van der Waals surface area contributed by atoms with Crippen LogP contribution >= 0.6 is 0 Å². The van der Waals surface area contributed by atoms with Gasteiger partial charge in [0.25, 0.3) is 0 Å². The highest BCUT2D eigenvalue weighted by molar-refractivity contribution is 5.91. The fourth-order valence-corrected chi connectivity index (χ4v) is 5.12. The van der Waals surface area contributed by atoms with E-state index in [1.165, 1.54) is 50.8 Å². The van der Waals surface area contributed by atoms with Crippen LogP contribution in [-0.4, -0.2) is 36.1 Å². The van der Waals surface area contributed by atoms with E-state index in [1.807, 2.05) is 0 Å².